The quantitative estimate of drug-likeness (QED) is 0.681. The summed E-state index contributed by atoms with van der Waals surface area (Å²) in [5, 5.41) is 0. The van der Waals surface area contributed by atoms with E-state index in [4.69, 9.17) is 0 Å². The van der Waals surface area contributed by atoms with Crippen LogP contribution in [0.25, 0.3) is 22.8 Å². The normalized spacial score (nSPS) is 10.4. The summed E-state index contributed by atoms with van der Waals surface area (Å²) in [6.45, 7) is 0. The molecule has 0 aliphatic heterocycles. The Morgan fingerprint density at radius 2 is 1.55 bits per heavy atom. The molecule has 0 aromatic carbocycles. The first-order chi connectivity index (χ1) is 9.88. The molecule has 98 valence electrons. The van der Waals surface area contributed by atoms with E-state index in [1.54, 1.807) is 24.2 Å². The van der Waals surface area contributed by atoms with Gasteiger partial charge in [0.2, 0.25) is 0 Å². The first-order valence-corrected chi connectivity index (χ1v) is 7.49. The van der Waals surface area contributed by atoms with E-state index in [1.807, 2.05) is 48.7 Å². The van der Waals surface area contributed by atoms with Crippen LogP contribution in [-0.2, 0) is 0 Å². The van der Waals surface area contributed by atoms with Gasteiger partial charge in [-0.15, -0.1) is 11.8 Å². The Kier molecular flexibility index (Phi) is 3.74. The maximum absolute atomic E-state index is 4.68. The van der Waals surface area contributed by atoms with Gasteiger partial charge >= 0.3 is 0 Å². The molecule has 3 rings (SSSR count). The fourth-order valence-electron chi connectivity index (χ4n) is 1.97. The van der Waals surface area contributed by atoms with Crippen LogP contribution < -0.4 is 0 Å². The molecular formula is C16H13N3S. The third-order valence-corrected chi connectivity index (χ3v) is 3.68. The van der Waals surface area contributed by atoms with Crippen LogP contribution in [0.5, 0.6) is 0 Å². The fraction of sp³-hybridized carbons (Fsp3) is 0.0625. The molecule has 0 aliphatic rings. The van der Waals surface area contributed by atoms with Gasteiger partial charge in [-0.1, -0.05) is 12.1 Å². The second-order valence-electron chi connectivity index (χ2n) is 4.18. The molecule has 0 unspecified atom stereocenters. The first-order valence-electron chi connectivity index (χ1n) is 6.26. The van der Waals surface area contributed by atoms with Gasteiger partial charge in [-0.3, -0.25) is 9.97 Å². The monoisotopic (exact) mass is 279 g/mol. The standard InChI is InChI=1S/C16H13N3S/c1-20-15-9-5-11-18-16(15)14-8-4-7-13(19-14)12-6-2-3-10-17-12/h2-11H,1H3. The molecule has 4 heteroatoms. The highest BCUT2D eigenvalue weighted by Gasteiger charge is 2.08. The van der Waals surface area contributed by atoms with Gasteiger partial charge in [0.05, 0.1) is 17.1 Å². The highest BCUT2D eigenvalue weighted by molar-refractivity contribution is 7.98. The average Bonchev–Trinajstić information content (AvgIpc) is 2.56. The van der Waals surface area contributed by atoms with Crippen LogP contribution in [0.4, 0.5) is 0 Å². The minimum atomic E-state index is 0.862. The largest absolute Gasteiger partial charge is 0.255 e. The Morgan fingerprint density at radius 1 is 0.750 bits per heavy atom. The molecule has 0 atom stereocenters. The molecule has 0 fully saturated rings. The Hall–Kier alpha value is -2.20. The Morgan fingerprint density at radius 3 is 2.35 bits per heavy atom. The van der Waals surface area contributed by atoms with E-state index in [-0.39, 0.29) is 0 Å². The van der Waals surface area contributed by atoms with E-state index in [9.17, 15) is 0 Å². The second kappa shape index (κ2) is 5.84. The zero-order valence-corrected chi connectivity index (χ0v) is 11.8. The lowest BCUT2D eigenvalue weighted by Crippen LogP contribution is -1.92. The van der Waals surface area contributed by atoms with Crippen molar-refractivity contribution >= 4 is 11.8 Å². The summed E-state index contributed by atoms with van der Waals surface area (Å²) in [7, 11) is 0. The predicted octanol–water partition coefficient (Wildman–Crippen LogP) is 3.93. The third-order valence-electron chi connectivity index (χ3n) is 2.91. The number of pyridine rings is 3. The molecule has 3 nitrogen and oxygen atoms in total. The average molecular weight is 279 g/mol. The van der Waals surface area contributed by atoms with Gasteiger partial charge in [0.25, 0.3) is 0 Å². The maximum Gasteiger partial charge on any atom is 0.102 e. The summed E-state index contributed by atoms with van der Waals surface area (Å²) >= 11 is 1.67. The molecule has 0 amide bonds. The van der Waals surface area contributed by atoms with Gasteiger partial charge in [0.1, 0.15) is 5.69 Å². The van der Waals surface area contributed by atoms with Crippen molar-refractivity contribution in [3.05, 3.63) is 60.9 Å². The van der Waals surface area contributed by atoms with Gasteiger partial charge in [-0.2, -0.15) is 0 Å². The van der Waals surface area contributed by atoms with E-state index in [0.29, 0.717) is 0 Å². The van der Waals surface area contributed by atoms with Crippen LogP contribution in [0.2, 0.25) is 0 Å². The van der Waals surface area contributed by atoms with Crippen molar-refractivity contribution in [2.75, 3.05) is 6.26 Å². The number of thioether (sulfide) groups is 1. The molecule has 0 N–H and O–H groups in total. The molecule has 0 bridgehead atoms. The Labute approximate surface area is 122 Å². The molecule has 0 saturated carbocycles. The summed E-state index contributed by atoms with van der Waals surface area (Å²) in [6.07, 6.45) is 5.62. The smallest absolute Gasteiger partial charge is 0.102 e. The number of aromatic nitrogens is 3. The summed E-state index contributed by atoms with van der Waals surface area (Å²) in [6, 6.07) is 15.8. The van der Waals surface area contributed by atoms with Crippen molar-refractivity contribution in [3.63, 3.8) is 0 Å². The molecule has 3 heterocycles. The Bertz CT molecular complexity index is 714. The van der Waals surface area contributed by atoms with Crippen LogP contribution in [0.1, 0.15) is 0 Å². The van der Waals surface area contributed by atoms with E-state index < -0.39 is 0 Å². The Balaban J connectivity index is 2.08. The van der Waals surface area contributed by atoms with E-state index in [2.05, 4.69) is 21.0 Å². The van der Waals surface area contributed by atoms with Crippen LogP contribution >= 0.6 is 11.8 Å². The van der Waals surface area contributed by atoms with Crippen LogP contribution in [-0.4, -0.2) is 21.2 Å². The molecule has 20 heavy (non-hydrogen) atoms. The lowest BCUT2D eigenvalue weighted by Gasteiger charge is -2.07. The van der Waals surface area contributed by atoms with E-state index >= 15 is 0 Å². The number of nitrogens with zero attached hydrogens (tertiary/aromatic N) is 3. The van der Waals surface area contributed by atoms with Gasteiger partial charge in [-0.05, 0) is 42.7 Å². The summed E-state index contributed by atoms with van der Waals surface area (Å²) in [5.41, 5.74) is 3.52. The highest BCUT2D eigenvalue weighted by Crippen LogP contribution is 2.27. The zero-order valence-electron chi connectivity index (χ0n) is 11.0. The number of hydrogen-bond acceptors (Lipinski definition) is 4. The summed E-state index contributed by atoms with van der Waals surface area (Å²) < 4.78 is 0. The minimum absolute atomic E-state index is 0.862. The topological polar surface area (TPSA) is 38.7 Å². The van der Waals surface area contributed by atoms with Gasteiger partial charge in [0.15, 0.2) is 0 Å². The summed E-state index contributed by atoms with van der Waals surface area (Å²) in [4.78, 5) is 14.6. The zero-order chi connectivity index (χ0) is 13.8. The van der Waals surface area contributed by atoms with Crippen LogP contribution in [0.3, 0.4) is 0 Å². The highest BCUT2D eigenvalue weighted by atomic mass is 32.2. The maximum atomic E-state index is 4.68. The van der Waals surface area contributed by atoms with E-state index in [1.165, 1.54) is 0 Å². The number of rotatable bonds is 3. The first kappa shape index (κ1) is 12.8. The SMILES string of the molecule is CSc1cccnc1-c1cccc(-c2ccccn2)n1. The molecule has 0 aliphatic carbocycles. The van der Waals surface area contributed by atoms with Crippen molar-refractivity contribution in [3.8, 4) is 22.8 Å². The predicted molar refractivity (Wildman–Crippen MR) is 82.5 cm³/mol. The molecule has 0 radical (unpaired) electrons. The molecule has 3 aromatic rings. The van der Waals surface area contributed by atoms with Crippen molar-refractivity contribution in [2.45, 2.75) is 4.90 Å². The fourth-order valence-corrected chi connectivity index (χ4v) is 2.54. The van der Waals surface area contributed by atoms with Crippen molar-refractivity contribution in [1.29, 1.82) is 0 Å². The van der Waals surface area contributed by atoms with Gasteiger partial charge in [0, 0.05) is 17.3 Å². The minimum Gasteiger partial charge on any atom is -0.255 e. The van der Waals surface area contributed by atoms with Crippen molar-refractivity contribution in [2.24, 2.45) is 0 Å². The van der Waals surface area contributed by atoms with Gasteiger partial charge in [-0.25, -0.2) is 4.98 Å². The lowest BCUT2D eigenvalue weighted by molar-refractivity contribution is 1.18. The molecule has 3 aromatic heterocycles. The second-order valence-corrected chi connectivity index (χ2v) is 5.03. The van der Waals surface area contributed by atoms with Crippen LogP contribution in [0.15, 0.2) is 65.8 Å². The number of hydrogen-bond donors (Lipinski definition) is 0. The van der Waals surface area contributed by atoms with Crippen LogP contribution in [0, 0.1) is 0 Å². The summed E-state index contributed by atoms with van der Waals surface area (Å²) in [5.74, 6) is 0. The van der Waals surface area contributed by atoms with Crippen molar-refractivity contribution in [1.82, 2.24) is 15.0 Å². The molecule has 0 spiro atoms. The third kappa shape index (κ3) is 2.56. The van der Waals surface area contributed by atoms with Gasteiger partial charge < -0.3 is 0 Å². The molecular weight excluding hydrogens is 266 g/mol. The lowest BCUT2D eigenvalue weighted by atomic mass is 10.2. The van der Waals surface area contributed by atoms with Crippen molar-refractivity contribution < 1.29 is 0 Å². The molecule has 0 saturated heterocycles. The van der Waals surface area contributed by atoms with E-state index in [0.717, 1.165) is 27.7 Å².